The number of nitrogens with zero attached hydrogens (tertiary/aromatic N) is 6. The van der Waals surface area contributed by atoms with Crippen LogP contribution in [-0.2, 0) is 0 Å². The van der Waals surface area contributed by atoms with Crippen LogP contribution >= 0.6 is 0 Å². The highest BCUT2D eigenvalue weighted by Crippen LogP contribution is 2.45. The monoisotopic (exact) mass is 551 g/mol. The van der Waals surface area contributed by atoms with E-state index in [1.54, 1.807) is 18.3 Å². The van der Waals surface area contributed by atoms with Gasteiger partial charge in [0.1, 0.15) is 29.0 Å². The van der Waals surface area contributed by atoms with Crippen LogP contribution in [-0.4, -0.2) is 64.0 Å². The molecule has 0 spiro atoms. The zero-order valence-corrected chi connectivity index (χ0v) is 22.0. The van der Waals surface area contributed by atoms with Gasteiger partial charge in [-0.15, -0.1) is 0 Å². The number of alkyl halides is 2. The van der Waals surface area contributed by atoms with Gasteiger partial charge in [-0.2, -0.15) is 0 Å². The maximum Gasteiger partial charge on any atom is 0.251 e. The molecule has 4 heterocycles. The number of pyridine rings is 2. The third-order valence-electron chi connectivity index (χ3n) is 7.70. The van der Waals surface area contributed by atoms with Crippen molar-refractivity contribution in [3.8, 4) is 11.4 Å². The average molecular weight is 552 g/mol. The van der Waals surface area contributed by atoms with Gasteiger partial charge in [0.05, 0.1) is 18.3 Å². The van der Waals surface area contributed by atoms with Gasteiger partial charge in [0, 0.05) is 49.5 Å². The molecule has 208 valence electrons. The molecule has 11 heteroatoms. The Balaban J connectivity index is 1.37. The highest BCUT2D eigenvalue weighted by molar-refractivity contribution is 5.94. The van der Waals surface area contributed by atoms with Crippen LogP contribution in [0.25, 0.3) is 22.3 Å². The number of likely N-dealkylation sites (tertiary alicyclic amines) is 1. The van der Waals surface area contributed by atoms with Crippen molar-refractivity contribution in [3.63, 3.8) is 0 Å². The van der Waals surface area contributed by atoms with E-state index in [0.29, 0.717) is 35.9 Å². The van der Waals surface area contributed by atoms with Crippen molar-refractivity contribution in [1.29, 1.82) is 0 Å². The molecule has 1 saturated carbocycles. The molecule has 1 N–H and O–H groups in total. The highest BCUT2D eigenvalue weighted by atomic mass is 19.3. The summed E-state index contributed by atoms with van der Waals surface area (Å²) in [7, 11) is 2.00. The molecule has 1 aliphatic heterocycles. The van der Waals surface area contributed by atoms with Crippen LogP contribution in [0.5, 0.6) is 0 Å². The first kappa shape index (κ1) is 26.4. The van der Waals surface area contributed by atoms with Gasteiger partial charge < -0.3 is 10.2 Å². The molecule has 40 heavy (non-hydrogen) atoms. The minimum atomic E-state index is -2.34. The Labute approximate surface area is 229 Å². The molecular weight excluding hydrogens is 522 g/mol. The number of nitrogens with one attached hydrogen (secondary N) is 1. The summed E-state index contributed by atoms with van der Waals surface area (Å²) in [6, 6.07) is 7.16. The van der Waals surface area contributed by atoms with E-state index in [1.807, 2.05) is 18.1 Å². The van der Waals surface area contributed by atoms with Gasteiger partial charge in [-0.05, 0) is 61.4 Å². The van der Waals surface area contributed by atoms with Crippen molar-refractivity contribution in [1.82, 2.24) is 24.8 Å². The molecule has 7 nitrogen and oxygen atoms in total. The predicted octanol–water partition coefficient (Wildman–Crippen LogP) is 6.15. The smallest absolute Gasteiger partial charge is 0.251 e. The minimum Gasteiger partial charge on any atom is -0.356 e. The first-order chi connectivity index (χ1) is 19.4. The van der Waals surface area contributed by atoms with Crippen molar-refractivity contribution >= 4 is 28.2 Å². The number of halogens is 4. The Hall–Kier alpha value is -3.86. The molecule has 4 aromatic rings. The number of aromatic nitrogens is 4. The van der Waals surface area contributed by atoms with E-state index >= 15 is 0 Å². The number of piperidine rings is 1. The fourth-order valence-corrected chi connectivity index (χ4v) is 5.42. The van der Waals surface area contributed by atoms with E-state index in [0.717, 1.165) is 42.5 Å². The fraction of sp³-hybridized carbons (Fsp3) is 0.379. The Morgan fingerprint density at radius 2 is 1.77 bits per heavy atom. The maximum absolute atomic E-state index is 14.2. The normalized spacial score (nSPS) is 16.6. The van der Waals surface area contributed by atoms with E-state index in [4.69, 9.17) is 9.97 Å². The highest BCUT2D eigenvalue weighted by Gasteiger charge is 2.31. The van der Waals surface area contributed by atoms with Gasteiger partial charge in [0.25, 0.3) is 6.43 Å². The number of fused-ring (bicyclic) bond motifs is 1. The van der Waals surface area contributed by atoms with E-state index < -0.39 is 18.1 Å². The summed E-state index contributed by atoms with van der Waals surface area (Å²) in [4.78, 5) is 22.5. The number of hydrogen-bond donors (Lipinski definition) is 1. The largest absolute Gasteiger partial charge is 0.356 e. The van der Waals surface area contributed by atoms with Crippen LogP contribution in [0.1, 0.15) is 37.2 Å². The summed E-state index contributed by atoms with van der Waals surface area (Å²) in [6.45, 7) is 0.986. The van der Waals surface area contributed by atoms with E-state index in [-0.39, 0.29) is 24.1 Å². The van der Waals surface area contributed by atoms with Crippen LogP contribution in [0.4, 0.5) is 34.9 Å². The molecule has 0 unspecified atom stereocenters. The van der Waals surface area contributed by atoms with Gasteiger partial charge in [-0.1, -0.05) is 6.07 Å². The number of hydrogen-bond acceptors (Lipinski definition) is 7. The molecule has 2 fully saturated rings. The van der Waals surface area contributed by atoms with Crippen molar-refractivity contribution in [2.24, 2.45) is 0 Å². The fourth-order valence-electron chi connectivity index (χ4n) is 5.42. The summed E-state index contributed by atoms with van der Waals surface area (Å²) in [5, 5.41) is 3.69. The number of benzene rings is 1. The molecule has 1 saturated heterocycles. The second-order valence-electron chi connectivity index (χ2n) is 10.5. The summed E-state index contributed by atoms with van der Waals surface area (Å²) in [6.07, 6.45) is 6.47. The van der Waals surface area contributed by atoms with Crippen molar-refractivity contribution in [2.75, 3.05) is 36.9 Å². The van der Waals surface area contributed by atoms with Crippen molar-refractivity contribution < 1.29 is 17.6 Å². The summed E-state index contributed by atoms with van der Waals surface area (Å²) in [5.74, 6) is 0.406. The first-order valence-corrected chi connectivity index (χ1v) is 13.4. The third-order valence-corrected chi connectivity index (χ3v) is 7.70. The second kappa shape index (κ2) is 11.0. The van der Waals surface area contributed by atoms with Crippen molar-refractivity contribution in [2.45, 2.75) is 44.1 Å². The summed E-state index contributed by atoms with van der Waals surface area (Å²) >= 11 is 0. The molecule has 1 aromatic carbocycles. The molecule has 1 aliphatic carbocycles. The molecular formula is C29H29F4N7. The lowest BCUT2D eigenvalue weighted by Crippen LogP contribution is -2.45. The lowest BCUT2D eigenvalue weighted by molar-refractivity contribution is 0.0754. The number of rotatable bonds is 8. The molecule has 6 rings (SSSR count). The van der Waals surface area contributed by atoms with E-state index in [1.165, 1.54) is 24.4 Å². The zero-order valence-electron chi connectivity index (χ0n) is 22.0. The topological polar surface area (TPSA) is 70.1 Å². The molecule has 3 aromatic heterocycles. The van der Waals surface area contributed by atoms with Crippen LogP contribution in [0.3, 0.4) is 0 Å². The Morgan fingerprint density at radius 3 is 2.48 bits per heavy atom. The Bertz CT molecular complexity index is 1500. The van der Waals surface area contributed by atoms with Gasteiger partial charge in [-0.25, -0.2) is 32.5 Å². The predicted molar refractivity (Wildman–Crippen MR) is 146 cm³/mol. The van der Waals surface area contributed by atoms with Gasteiger partial charge in [-0.3, -0.25) is 9.88 Å². The minimum absolute atomic E-state index is 0.124. The number of para-hydroxylation sites is 1. The quantitative estimate of drug-likeness (QED) is 0.263. The lowest BCUT2D eigenvalue weighted by atomic mass is 10.0. The lowest BCUT2D eigenvalue weighted by Gasteiger charge is -2.37. The Morgan fingerprint density at radius 1 is 1.02 bits per heavy atom. The summed E-state index contributed by atoms with van der Waals surface area (Å²) in [5.41, 5.74) is 2.16. The van der Waals surface area contributed by atoms with E-state index in [2.05, 4.69) is 20.2 Å². The number of anilines is 3. The van der Waals surface area contributed by atoms with Crippen LogP contribution < -0.4 is 10.2 Å². The molecule has 0 radical (unpaired) electrons. The maximum atomic E-state index is 14.2. The molecule has 0 bridgehead atoms. The SMILES string of the molecule is CN(c1nc(-c2ccnc(Nc3c(F)cccc3F)c2)nc2cncc(C3CC3)c12)C1CCN(CC(F)F)CC1. The van der Waals surface area contributed by atoms with Crippen LogP contribution in [0.2, 0.25) is 0 Å². The van der Waals surface area contributed by atoms with Gasteiger partial charge in [0.15, 0.2) is 5.82 Å². The molecule has 2 aliphatic rings. The van der Waals surface area contributed by atoms with Crippen molar-refractivity contribution in [3.05, 3.63) is 66.1 Å². The molecule has 0 amide bonds. The summed E-state index contributed by atoms with van der Waals surface area (Å²) < 4.78 is 54.3. The zero-order chi connectivity index (χ0) is 27.8. The van der Waals surface area contributed by atoms with Gasteiger partial charge in [0.2, 0.25) is 0 Å². The Kier molecular flexibility index (Phi) is 7.22. The average Bonchev–Trinajstić information content (AvgIpc) is 3.80. The van der Waals surface area contributed by atoms with Crippen LogP contribution in [0, 0.1) is 11.6 Å². The first-order valence-electron chi connectivity index (χ1n) is 13.4. The third kappa shape index (κ3) is 5.42. The van der Waals surface area contributed by atoms with Gasteiger partial charge >= 0.3 is 0 Å². The van der Waals surface area contributed by atoms with E-state index in [9.17, 15) is 17.6 Å². The van der Waals surface area contributed by atoms with Crippen LogP contribution in [0.15, 0.2) is 48.9 Å². The molecule has 0 atom stereocenters. The standard InChI is InChI=1S/C29H29F4N7/c1-39(19-8-11-40(12-9-19)16-24(32)33)29-26-20(17-5-6-17)14-34-15-23(26)36-28(38-29)18-7-10-35-25(13-18)37-27-21(30)3-2-4-22(27)31/h2-4,7,10,13-15,17,19,24H,5-6,8-9,11-12,16H2,1H3,(H,35,37). The second-order valence-corrected chi connectivity index (χ2v) is 10.5.